The number of phenols is 1. The van der Waals surface area contributed by atoms with Gasteiger partial charge in [-0.2, -0.15) is 0 Å². The molecule has 1 rings (SSSR count). The van der Waals surface area contributed by atoms with E-state index in [1.165, 1.54) is 12.1 Å². The van der Waals surface area contributed by atoms with Crippen molar-refractivity contribution in [2.45, 2.75) is 25.6 Å². The summed E-state index contributed by atoms with van der Waals surface area (Å²) in [5, 5.41) is 37.1. The third kappa shape index (κ3) is 2.92. The van der Waals surface area contributed by atoms with Crippen LogP contribution in [0.25, 0.3) is 0 Å². The lowest BCUT2D eigenvalue weighted by molar-refractivity contribution is 0.00386. The fourth-order valence-electron chi connectivity index (χ4n) is 1.49. The molecule has 4 N–H and O–H groups in total. The summed E-state index contributed by atoms with van der Waals surface area (Å²) in [6, 6.07) is 4.54. The fourth-order valence-corrected chi connectivity index (χ4v) is 1.49. The smallest absolute Gasteiger partial charge is 0.115 e. The summed E-state index contributed by atoms with van der Waals surface area (Å²) in [5.74, 6) is 0.125. The summed E-state index contributed by atoms with van der Waals surface area (Å²) in [4.78, 5) is 0. The number of phenolic OH excluding ortho intramolecular Hbond substituents is 1. The number of aryl methyl sites for hydroxylation is 1. The molecular formula is C11H16O4. The highest BCUT2D eigenvalue weighted by molar-refractivity contribution is 5.35. The van der Waals surface area contributed by atoms with E-state index in [0.29, 0.717) is 11.1 Å². The molecule has 0 heterocycles. The van der Waals surface area contributed by atoms with Gasteiger partial charge in [0.05, 0.1) is 6.10 Å². The van der Waals surface area contributed by atoms with Crippen molar-refractivity contribution in [3.05, 3.63) is 29.3 Å². The molecule has 0 aromatic heterocycles. The van der Waals surface area contributed by atoms with E-state index in [1.807, 2.05) is 0 Å². The molecule has 0 spiro atoms. The SMILES string of the molecule is Cc1cc(O)ccc1C(O)C(O)CCO. The summed E-state index contributed by atoms with van der Waals surface area (Å²) in [6.45, 7) is 1.57. The van der Waals surface area contributed by atoms with Crippen LogP contribution in [0.2, 0.25) is 0 Å². The van der Waals surface area contributed by atoms with Gasteiger partial charge < -0.3 is 20.4 Å². The van der Waals surface area contributed by atoms with Crippen LogP contribution >= 0.6 is 0 Å². The standard InChI is InChI=1S/C11H16O4/c1-7-6-8(13)2-3-9(7)11(15)10(14)4-5-12/h2-3,6,10-15H,4-5H2,1H3. The second kappa shape index (κ2) is 5.11. The Bertz CT molecular complexity index is 324. The van der Waals surface area contributed by atoms with E-state index in [0.717, 1.165) is 0 Å². The Kier molecular flexibility index (Phi) is 4.08. The van der Waals surface area contributed by atoms with E-state index in [-0.39, 0.29) is 18.8 Å². The van der Waals surface area contributed by atoms with Gasteiger partial charge in [-0.1, -0.05) is 6.07 Å². The zero-order chi connectivity index (χ0) is 11.4. The van der Waals surface area contributed by atoms with E-state index in [2.05, 4.69) is 0 Å². The van der Waals surface area contributed by atoms with Crippen LogP contribution in [0.5, 0.6) is 5.75 Å². The molecule has 0 bridgehead atoms. The Morgan fingerprint density at radius 1 is 1.27 bits per heavy atom. The first kappa shape index (κ1) is 12.0. The number of aliphatic hydroxyl groups excluding tert-OH is 3. The fraction of sp³-hybridized carbons (Fsp3) is 0.455. The summed E-state index contributed by atoms with van der Waals surface area (Å²) in [7, 11) is 0. The van der Waals surface area contributed by atoms with Crippen LogP contribution in [0.4, 0.5) is 0 Å². The molecule has 15 heavy (non-hydrogen) atoms. The van der Waals surface area contributed by atoms with Crippen molar-refractivity contribution in [2.75, 3.05) is 6.61 Å². The minimum Gasteiger partial charge on any atom is -0.508 e. The highest BCUT2D eigenvalue weighted by Crippen LogP contribution is 2.25. The molecule has 84 valence electrons. The first-order chi connectivity index (χ1) is 7.06. The molecule has 4 nitrogen and oxygen atoms in total. The molecule has 0 aliphatic rings. The summed E-state index contributed by atoms with van der Waals surface area (Å²) < 4.78 is 0. The Morgan fingerprint density at radius 2 is 1.93 bits per heavy atom. The van der Waals surface area contributed by atoms with E-state index < -0.39 is 12.2 Å². The van der Waals surface area contributed by atoms with Crippen molar-refractivity contribution in [2.24, 2.45) is 0 Å². The van der Waals surface area contributed by atoms with Gasteiger partial charge in [-0.15, -0.1) is 0 Å². The topological polar surface area (TPSA) is 80.9 Å². The average Bonchev–Trinajstić information content (AvgIpc) is 2.17. The van der Waals surface area contributed by atoms with Crippen LogP contribution in [0, 0.1) is 6.92 Å². The van der Waals surface area contributed by atoms with Crippen LogP contribution in [-0.4, -0.2) is 33.1 Å². The minimum absolute atomic E-state index is 0.125. The molecule has 0 fully saturated rings. The Labute approximate surface area is 88.4 Å². The third-order valence-electron chi connectivity index (χ3n) is 2.36. The monoisotopic (exact) mass is 212 g/mol. The van der Waals surface area contributed by atoms with Crippen molar-refractivity contribution < 1.29 is 20.4 Å². The van der Waals surface area contributed by atoms with Gasteiger partial charge in [0.2, 0.25) is 0 Å². The minimum atomic E-state index is -1.03. The molecule has 0 aliphatic carbocycles. The predicted octanol–water partition coefficient (Wildman–Crippen LogP) is 0.477. The summed E-state index contributed by atoms with van der Waals surface area (Å²) in [5.41, 5.74) is 1.27. The van der Waals surface area contributed by atoms with Crippen LogP contribution in [0.15, 0.2) is 18.2 Å². The number of hydrogen-bond acceptors (Lipinski definition) is 4. The molecule has 4 heteroatoms. The third-order valence-corrected chi connectivity index (χ3v) is 2.36. The van der Waals surface area contributed by atoms with Crippen molar-refractivity contribution in [1.29, 1.82) is 0 Å². The van der Waals surface area contributed by atoms with Crippen LogP contribution in [0.1, 0.15) is 23.7 Å². The molecule has 0 aliphatic heterocycles. The molecule has 2 atom stereocenters. The van der Waals surface area contributed by atoms with Crippen LogP contribution < -0.4 is 0 Å². The number of hydrogen-bond donors (Lipinski definition) is 4. The maximum atomic E-state index is 9.75. The normalized spacial score (nSPS) is 14.9. The van der Waals surface area contributed by atoms with Crippen LogP contribution in [0.3, 0.4) is 0 Å². The molecule has 0 saturated carbocycles. The number of benzene rings is 1. The van der Waals surface area contributed by atoms with Crippen molar-refractivity contribution in [3.8, 4) is 5.75 Å². The van der Waals surface area contributed by atoms with Crippen molar-refractivity contribution >= 4 is 0 Å². The van der Waals surface area contributed by atoms with Gasteiger partial charge in [-0.05, 0) is 36.6 Å². The van der Waals surface area contributed by atoms with Gasteiger partial charge in [-0.3, -0.25) is 0 Å². The number of rotatable bonds is 4. The van der Waals surface area contributed by atoms with Crippen molar-refractivity contribution in [1.82, 2.24) is 0 Å². The number of aromatic hydroxyl groups is 1. The Morgan fingerprint density at radius 3 is 2.47 bits per heavy atom. The Balaban J connectivity index is 2.86. The first-order valence-electron chi connectivity index (χ1n) is 4.82. The molecule has 0 amide bonds. The van der Waals surface area contributed by atoms with Gasteiger partial charge in [0.25, 0.3) is 0 Å². The zero-order valence-electron chi connectivity index (χ0n) is 8.59. The quantitative estimate of drug-likeness (QED) is 0.585. The van der Waals surface area contributed by atoms with Crippen molar-refractivity contribution in [3.63, 3.8) is 0 Å². The van der Waals surface area contributed by atoms with Gasteiger partial charge in [-0.25, -0.2) is 0 Å². The molecule has 2 unspecified atom stereocenters. The zero-order valence-corrected chi connectivity index (χ0v) is 8.59. The van der Waals surface area contributed by atoms with Gasteiger partial charge in [0.15, 0.2) is 0 Å². The van der Waals surface area contributed by atoms with E-state index in [9.17, 15) is 15.3 Å². The van der Waals surface area contributed by atoms with E-state index in [4.69, 9.17) is 5.11 Å². The lowest BCUT2D eigenvalue weighted by Gasteiger charge is -2.19. The molecule has 0 radical (unpaired) electrons. The second-order valence-electron chi connectivity index (χ2n) is 3.57. The average molecular weight is 212 g/mol. The van der Waals surface area contributed by atoms with E-state index in [1.54, 1.807) is 13.0 Å². The molecule has 1 aromatic carbocycles. The lowest BCUT2D eigenvalue weighted by Crippen LogP contribution is -2.20. The summed E-state index contributed by atoms with van der Waals surface area (Å²) >= 11 is 0. The van der Waals surface area contributed by atoms with E-state index >= 15 is 0 Å². The highest BCUT2D eigenvalue weighted by atomic mass is 16.3. The van der Waals surface area contributed by atoms with Crippen LogP contribution in [-0.2, 0) is 0 Å². The lowest BCUT2D eigenvalue weighted by atomic mass is 9.98. The molecule has 0 saturated heterocycles. The van der Waals surface area contributed by atoms with Gasteiger partial charge in [0, 0.05) is 6.61 Å². The van der Waals surface area contributed by atoms with Gasteiger partial charge in [0.1, 0.15) is 11.9 Å². The summed E-state index contributed by atoms with van der Waals surface area (Å²) in [6.07, 6.45) is -1.89. The molecule has 1 aromatic rings. The highest BCUT2D eigenvalue weighted by Gasteiger charge is 2.19. The second-order valence-corrected chi connectivity index (χ2v) is 3.57. The molecular weight excluding hydrogens is 196 g/mol. The largest absolute Gasteiger partial charge is 0.508 e. The maximum absolute atomic E-state index is 9.75. The predicted molar refractivity (Wildman–Crippen MR) is 55.5 cm³/mol. The number of aliphatic hydroxyl groups is 3. The van der Waals surface area contributed by atoms with Gasteiger partial charge >= 0.3 is 0 Å². The maximum Gasteiger partial charge on any atom is 0.115 e. The first-order valence-corrected chi connectivity index (χ1v) is 4.82. The Hall–Kier alpha value is -1.10.